The summed E-state index contributed by atoms with van der Waals surface area (Å²) in [6.07, 6.45) is -27.3. The molecule has 0 amide bonds. The van der Waals surface area contributed by atoms with Gasteiger partial charge >= 0.3 is 65.7 Å². The second kappa shape index (κ2) is 25.2. The van der Waals surface area contributed by atoms with Crippen LogP contribution in [0.25, 0.3) is 0 Å². The molecule has 0 aliphatic carbocycles. The van der Waals surface area contributed by atoms with Gasteiger partial charge in [-0.05, 0) is 0 Å². The van der Waals surface area contributed by atoms with E-state index in [9.17, 15) is 52.7 Å². The number of hydrogen-bond donors (Lipinski definition) is 0. The summed E-state index contributed by atoms with van der Waals surface area (Å²) in [7, 11) is 0. The van der Waals surface area contributed by atoms with E-state index in [1.165, 1.54) is 0 Å². The van der Waals surface area contributed by atoms with E-state index in [1.54, 1.807) is 0 Å². The molecule has 3 aliphatic heterocycles. The van der Waals surface area contributed by atoms with Crippen molar-refractivity contribution < 1.29 is 129 Å². The first-order valence-electron chi connectivity index (χ1n) is 20.3. The number of carbonyl (C=O) groups excluding carboxylic acids is 11. The molecule has 3 fully saturated rings. The molecule has 0 N–H and O–H groups in total. The van der Waals surface area contributed by atoms with Crippen LogP contribution in [0, 0.1) is 0 Å². The molecule has 67 heavy (non-hydrogen) atoms. The van der Waals surface area contributed by atoms with Crippen LogP contribution in [0.15, 0.2) is 0 Å². The maximum absolute atomic E-state index is 12.9. The molecule has 0 radical (unpaired) electrons. The zero-order valence-corrected chi connectivity index (χ0v) is 38.3. The van der Waals surface area contributed by atoms with Gasteiger partial charge in [0, 0.05) is 76.2 Å². The summed E-state index contributed by atoms with van der Waals surface area (Å²) in [5, 5.41) is 0. The van der Waals surface area contributed by atoms with Crippen LogP contribution in [0.3, 0.4) is 0 Å². The van der Waals surface area contributed by atoms with E-state index in [0.717, 1.165) is 76.2 Å². The van der Waals surface area contributed by atoms with E-state index < -0.39 is 178 Å². The van der Waals surface area contributed by atoms with E-state index in [4.69, 9.17) is 75.8 Å². The molecule has 3 aliphatic rings. The Hall–Kier alpha value is -6.03. The third-order valence-electron chi connectivity index (χ3n) is 9.10. The molecular weight excluding hydrogens is 912 g/mol. The van der Waals surface area contributed by atoms with Gasteiger partial charge in [-0.1, -0.05) is 0 Å². The van der Waals surface area contributed by atoms with Crippen molar-refractivity contribution in [3.63, 3.8) is 0 Å². The molecule has 0 bridgehead atoms. The third kappa shape index (κ3) is 17.0. The van der Waals surface area contributed by atoms with Gasteiger partial charge in [0.05, 0.1) is 0 Å². The molecule has 0 unspecified atom stereocenters. The van der Waals surface area contributed by atoms with Crippen LogP contribution in [0.4, 0.5) is 0 Å². The van der Waals surface area contributed by atoms with Crippen molar-refractivity contribution in [1.82, 2.24) is 0 Å². The summed E-state index contributed by atoms with van der Waals surface area (Å²) in [4.78, 5) is 137. The summed E-state index contributed by atoms with van der Waals surface area (Å²) < 4.78 is 90.4. The Morgan fingerprint density at radius 2 is 0.478 bits per heavy atom. The fourth-order valence-corrected chi connectivity index (χ4v) is 7.01. The third-order valence-corrected chi connectivity index (χ3v) is 9.10. The van der Waals surface area contributed by atoms with Crippen LogP contribution < -0.4 is 0 Å². The van der Waals surface area contributed by atoms with Crippen LogP contribution in [0.1, 0.15) is 76.2 Å². The Kier molecular flexibility index (Phi) is 20.8. The Morgan fingerprint density at radius 3 is 0.731 bits per heavy atom. The molecule has 27 nitrogen and oxygen atoms in total. The Morgan fingerprint density at radius 1 is 0.269 bits per heavy atom. The molecule has 0 aromatic heterocycles. The highest BCUT2D eigenvalue weighted by Gasteiger charge is 2.60. The molecule has 376 valence electrons. The topological polar surface area (TPSA) is 335 Å². The average molecular weight is 967 g/mol. The van der Waals surface area contributed by atoms with Gasteiger partial charge < -0.3 is 75.8 Å². The maximum atomic E-state index is 12.9. The number of ether oxygens (including phenoxy) is 16. The fourth-order valence-electron chi connectivity index (χ4n) is 7.01. The van der Waals surface area contributed by atoms with Crippen molar-refractivity contribution in [2.24, 2.45) is 0 Å². The van der Waals surface area contributed by atoms with E-state index in [2.05, 4.69) is 0 Å². The summed E-state index contributed by atoms with van der Waals surface area (Å²) in [5.74, 6) is -10.6. The second-order valence-electron chi connectivity index (χ2n) is 14.9. The Balaban J connectivity index is 2.28. The minimum atomic E-state index is -2.07. The predicted octanol–water partition coefficient (Wildman–Crippen LogP) is -1.29. The molecule has 3 heterocycles. The van der Waals surface area contributed by atoms with Crippen LogP contribution in [-0.4, -0.2) is 178 Å². The van der Waals surface area contributed by atoms with Crippen molar-refractivity contribution in [1.29, 1.82) is 0 Å². The number of rotatable bonds is 18. The molecule has 0 aromatic carbocycles. The molecule has 15 atom stereocenters. The van der Waals surface area contributed by atoms with E-state index in [-0.39, 0.29) is 0 Å². The van der Waals surface area contributed by atoms with Gasteiger partial charge in [0.2, 0.25) is 12.6 Å². The summed E-state index contributed by atoms with van der Waals surface area (Å²) in [6, 6.07) is 0. The van der Waals surface area contributed by atoms with E-state index in [0.29, 0.717) is 0 Å². The van der Waals surface area contributed by atoms with Crippen molar-refractivity contribution in [2.45, 2.75) is 168 Å². The summed E-state index contributed by atoms with van der Waals surface area (Å²) >= 11 is 0. The molecular formula is C40H54O27. The smallest absolute Gasteiger partial charge is 0.303 e. The standard InChI is InChI=1S/C40H54O27/c1-15(41)52-12-26-29(55-18(4)44)32(57-20(6)46)35(60-23(9)49)38(63-26)66-31-28(14-54-17(3)43)65-40(37(62-25(11)51)34(31)59-22(8)48)67-39-36(61-24(10)50)33(58-21(7)47)30(56-19(5)45)27(64-39)13-53-16(2)42/h26-40H,12-14H2,1-11H3/t26-,27-,28-,29+,30-,31-,32+,33+,34+,35-,36-,37-,38+,39-,40-/m1/s1. The minimum absolute atomic E-state index is 0.687. The van der Waals surface area contributed by atoms with E-state index in [1.807, 2.05) is 0 Å². The Bertz CT molecular complexity index is 1850. The average Bonchev–Trinajstić information content (AvgIpc) is 3.17. The van der Waals surface area contributed by atoms with Crippen molar-refractivity contribution in [3.05, 3.63) is 0 Å². The number of hydrogen-bond acceptors (Lipinski definition) is 27. The molecule has 3 saturated heterocycles. The van der Waals surface area contributed by atoms with E-state index >= 15 is 0 Å². The zero-order valence-electron chi connectivity index (χ0n) is 38.3. The zero-order chi connectivity index (χ0) is 50.4. The van der Waals surface area contributed by atoms with Crippen LogP contribution in [0.2, 0.25) is 0 Å². The van der Waals surface area contributed by atoms with Gasteiger partial charge in [0.1, 0.15) is 44.2 Å². The van der Waals surface area contributed by atoms with Crippen LogP contribution >= 0.6 is 0 Å². The second-order valence-corrected chi connectivity index (χ2v) is 14.9. The SMILES string of the molecule is CC(=O)OC[C@H]1O[C@@H](O[C@H]2[C@H](OC(C)=O)[C@@H](OC(C)=O)[C@@H](O[C@H]3O[C@H](COC(C)=O)[C@@H](OC(C)=O)[C@H](OC(C)=O)[C@H]3OC(C)=O)O[C@@H]2COC(C)=O)[C@H](OC(C)=O)[C@@H](OC(C)=O)[C@H]1OC(C)=O. The molecule has 27 heteroatoms. The molecule has 3 rings (SSSR count). The van der Waals surface area contributed by atoms with Crippen molar-refractivity contribution >= 4 is 65.7 Å². The number of carbonyl (C=O) groups is 11. The van der Waals surface area contributed by atoms with Gasteiger partial charge in [-0.15, -0.1) is 0 Å². The minimum Gasteiger partial charge on any atom is -0.463 e. The largest absolute Gasteiger partial charge is 0.463 e. The first-order valence-corrected chi connectivity index (χ1v) is 20.3. The first kappa shape index (κ1) is 55.3. The lowest BCUT2D eigenvalue weighted by atomic mass is 9.95. The molecule has 0 spiro atoms. The number of esters is 11. The van der Waals surface area contributed by atoms with Crippen LogP contribution in [0.5, 0.6) is 0 Å². The monoisotopic (exact) mass is 966 g/mol. The van der Waals surface area contributed by atoms with Crippen LogP contribution in [-0.2, 0) is 129 Å². The lowest BCUT2D eigenvalue weighted by Gasteiger charge is -2.50. The van der Waals surface area contributed by atoms with Gasteiger partial charge in [0.15, 0.2) is 55.1 Å². The van der Waals surface area contributed by atoms with Crippen molar-refractivity contribution in [3.8, 4) is 0 Å². The summed E-state index contributed by atoms with van der Waals surface area (Å²) in [5.41, 5.74) is 0. The fraction of sp³-hybridized carbons (Fsp3) is 0.725. The Labute approximate surface area is 382 Å². The highest BCUT2D eigenvalue weighted by Crippen LogP contribution is 2.38. The van der Waals surface area contributed by atoms with Gasteiger partial charge in [-0.2, -0.15) is 0 Å². The lowest BCUT2D eigenvalue weighted by Crippen LogP contribution is -2.68. The first-order chi connectivity index (χ1) is 31.3. The molecule has 0 aromatic rings. The lowest BCUT2D eigenvalue weighted by molar-refractivity contribution is -0.392. The van der Waals surface area contributed by atoms with Gasteiger partial charge in [-0.3, -0.25) is 52.7 Å². The summed E-state index contributed by atoms with van der Waals surface area (Å²) in [6.45, 7) is 8.60. The highest BCUT2D eigenvalue weighted by atomic mass is 16.8. The van der Waals surface area contributed by atoms with Crippen molar-refractivity contribution in [2.75, 3.05) is 19.8 Å². The van der Waals surface area contributed by atoms with Gasteiger partial charge in [0.25, 0.3) is 0 Å². The quantitative estimate of drug-likeness (QED) is 0.114. The highest BCUT2D eigenvalue weighted by molar-refractivity contribution is 5.70. The molecule has 0 saturated carbocycles. The normalized spacial score (nSPS) is 31.2. The predicted molar refractivity (Wildman–Crippen MR) is 206 cm³/mol. The maximum Gasteiger partial charge on any atom is 0.303 e. The van der Waals surface area contributed by atoms with Gasteiger partial charge in [-0.25, -0.2) is 0 Å².